The fourth-order valence-corrected chi connectivity index (χ4v) is 4.02. The molecule has 1 fully saturated rings. The lowest BCUT2D eigenvalue weighted by atomic mass is 10.0. The van der Waals surface area contributed by atoms with Crippen LogP contribution in [-0.4, -0.2) is 45.0 Å². The van der Waals surface area contributed by atoms with Crippen LogP contribution in [0.2, 0.25) is 0 Å². The number of hydrogen-bond donors (Lipinski definition) is 2. The van der Waals surface area contributed by atoms with Crippen molar-refractivity contribution in [2.24, 2.45) is 0 Å². The second-order valence-electron chi connectivity index (χ2n) is 9.07. The number of halogens is 1. The lowest BCUT2D eigenvalue weighted by molar-refractivity contribution is 0.0736. The third-order valence-electron chi connectivity index (χ3n) is 5.93. The molecular weight excluding hydrogens is 419 g/mol. The minimum absolute atomic E-state index is 0.112. The number of aliphatic hydroxyl groups is 1. The molecule has 1 aliphatic heterocycles. The number of hydrogen-bond acceptors (Lipinski definition) is 5. The molecule has 3 aromatic rings. The first-order valence-electron chi connectivity index (χ1n) is 11.2. The number of rotatable bonds is 6. The van der Waals surface area contributed by atoms with E-state index in [0.717, 1.165) is 38.0 Å². The third kappa shape index (κ3) is 6.00. The predicted molar refractivity (Wildman–Crippen MR) is 125 cm³/mol. The third-order valence-corrected chi connectivity index (χ3v) is 5.93. The van der Waals surface area contributed by atoms with Crippen molar-refractivity contribution < 1.29 is 14.3 Å². The summed E-state index contributed by atoms with van der Waals surface area (Å²) >= 11 is 0. The summed E-state index contributed by atoms with van der Waals surface area (Å²) in [5.41, 5.74) is 2.63. The number of nitrogens with zero attached hydrogens (tertiary/aromatic N) is 3. The van der Waals surface area contributed by atoms with Gasteiger partial charge in [-0.15, -0.1) is 0 Å². The van der Waals surface area contributed by atoms with E-state index < -0.39 is 5.60 Å². The standard InChI is InChI=1S/C26H29FN4O2/c1-26(2,33)24-14-18(8-11-28-24)17-31-12-9-22(10-13-31)30-25(32)20-6-7-23(29-16-20)19-4-3-5-21(27)15-19/h3-8,11,14-16,22,33H,9-10,12-13,17H2,1-2H3,(H,30,32). The van der Waals surface area contributed by atoms with Gasteiger partial charge in [-0.05, 0) is 68.7 Å². The van der Waals surface area contributed by atoms with E-state index in [1.807, 2.05) is 12.1 Å². The molecule has 1 aliphatic rings. The molecule has 0 atom stereocenters. The van der Waals surface area contributed by atoms with E-state index >= 15 is 0 Å². The summed E-state index contributed by atoms with van der Waals surface area (Å²) in [7, 11) is 0. The summed E-state index contributed by atoms with van der Waals surface area (Å²) in [5, 5.41) is 13.3. The molecule has 0 aliphatic carbocycles. The van der Waals surface area contributed by atoms with Crippen LogP contribution >= 0.6 is 0 Å². The van der Waals surface area contributed by atoms with Crippen molar-refractivity contribution >= 4 is 5.91 Å². The normalized spacial score (nSPS) is 15.4. The van der Waals surface area contributed by atoms with E-state index in [1.54, 1.807) is 44.3 Å². The smallest absolute Gasteiger partial charge is 0.253 e. The minimum Gasteiger partial charge on any atom is -0.384 e. The first kappa shape index (κ1) is 23.0. The molecular formula is C26H29FN4O2. The summed E-state index contributed by atoms with van der Waals surface area (Å²) < 4.78 is 13.4. The van der Waals surface area contributed by atoms with Gasteiger partial charge in [-0.1, -0.05) is 12.1 Å². The Morgan fingerprint density at radius 3 is 2.61 bits per heavy atom. The van der Waals surface area contributed by atoms with Gasteiger partial charge in [0.15, 0.2) is 0 Å². The lowest BCUT2D eigenvalue weighted by Crippen LogP contribution is -2.44. The molecule has 0 saturated carbocycles. The van der Waals surface area contributed by atoms with Crippen LogP contribution in [-0.2, 0) is 12.1 Å². The van der Waals surface area contributed by atoms with Gasteiger partial charge in [-0.3, -0.25) is 19.7 Å². The number of nitrogens with one attached hydrogen (secondary N) is 1. The molecule has 0 radical (unpaired) electrons. The molecule has 0 unspecified atom stereocenters. The largest absolute Gasteiger partial charge is 0.384 e. The zero-order valence-corrected chi connectivity index (χ0v) is 19.0. The SMILES string of the molecule is CC(C)(O)c1cc(CN2CCC(NC(=O)c3ccc(-c4cccc(F)c4)nc3)CC2)ccn1. The average Bonchev–Trinajstić information content (AvgIpc) is 2.80. The second-order valence-corrected chi connectivity index (χ2v) is 9.07. The Labute approximate surface area is 193 Å². The quantitative estimate of drug-likeness (QED) is 0.598. The second kappa shape index (κ2) is 9.77. The molecule has 1 aromatic carbocycles. The van der Waals surface area contributed by atoms with Gasteiger partial charge in [0, 0.05) is 43.6 Å². The molecule has 2 N–H and O–H groups in total. The average molecular weight is 449 g/mol. The fraction of sp³-hybridized carbons (Fsp3) is 0.346. The van der Waals surface area contributed by atoms with Crippen molar-refractivity contribution in [1.82, 2.24) is 20.2 Å². The molecule has 0 spiro atoms. The van der Waals surface area contributed by atoms with E-state index in [-0.39, 0.29) is 17.8 Å². The zero-order chi connectivity index (χ0) is 23.4. The summed E-state index contributed by atoms with van der Waals surface area (Å²) in [6, 6.07) is 13.7. The highest BCUT2D eigenvalue weighted by atomic mass is 19.1. The van der Waals surface area contributed by atoms with Crippen molar-refractivity contribution in [2.75, 3.05) is 13.1 Å². The molecule has 1 amide bonds. The van der Waals surface area contributed by atoms with Crippen LogP contribution in [0.15, 0.2) is 60.9 Å². The maximum absolute atomic E-state index is 13.4. The van der Waals surface area contributed by atoms with Gasteiger partial charge in [0.2, 0.25) is 0 Å². The van der Waals surface area contributed by atoms with Crippen molar-refractivity contribution in [2.45, 2.75) is 44.9 Å². The first-order chi connectivity index (χ1) is 15.8. The Morgan fingerprint density at radius 2 is 1.94 bits per heavy atom. The molecule has 33 heavy (non-hydrogen) atoms. The van der Waals surface area contributed by atoms with E-state index in [1.165, 1.54) is 18.3 Å². The van der Waals surface area contributed by atoms with Crippen LogP contribution in [0.3, 0.4) is 0 Å². The summed E-state index contributed by atoms with van der Waals surface area (Å²) in [5.74, 6) is -0.459. The Hall–Kier alpha value is -3.16. The summed E-state index contributed by atoms with van der Waals surface area (Å²) in [6.45, 7) is 6.01. The van der Waals surface area contributed by atoms with Crippen LogP contribution in [0.1, 0.15) is 48.3 Å². The number of carbonyl (C=O) groups is 1. The van der Waals surface area contributed by atoms with Gasteiger partial charge in [-0.25, -0.2) is 4.39 Å². The fourth-order valence-electron chi connectivity index (χ4n) is 4.02. The number of pyridine rings is 2. The number of carbonyl (C=O) groups excluding carboxylic acids is 1. The maximum Gasteiger partial charge on any atom is 0.253 e. The van der Waals surface area contributed by atoms with E-state index in [9.17, 15) is 14.3 Å². The Kier molecular flexibility index (Phi) is 6.81. The van der Waals surface area contributed by atoms with Gasteiger partial charge >= 0.3 is 0 Å². The lowest BCUT2D eigenvalue weighted by Gasteiger charge is -2.32. The Morgan fingerprint density at radius 1 is 1.15 bits per heavy atom. The Balaban J connectivity index is 1.29. The van der Waals surface area contributed by atoms with Crippen molar-refractivity contribution in [3.8, 4) is 11.3 Å². The molecule has 172 valence electrons. The molecule has 4 rings (SSSR count). The van der Waals surface area contributed by atoms with Gasteiger partial charge < -0.3 is 10.4 Å². The maximum atomic E-state index is 13.4. The topological polar surface area (TPSA) is 78.4 Å². The Bertz CT molecular complexity index is 1100. The number of aromatic nitrogens is 2. The molecule has 2 aromatic heterocycles. The van der Waals surface area contributed by atoms with Crippen molar-refractivity contribution in [1.29, 1.82) is 0 Å². The van der Waals surface area contributed by atoms with Crippen molar-refractivity contribution in [3.05, 3.63) is 83.6 Å². The van der Waals surface area contributed by atoms with Gasteiger partial charge in [0.05, 0.1) is 17.0 Å². The predicted octanol–water partition coefficient (Wildman–Crippen LogP) is 3.90. The minimum atomic E-state index is -0.961. The summed E-state index contributed by atoms with van der Waals surface area (Å²) in [4.78, 5) is 23.6. The monoisotopic (exact) mass is 448 g/mol. The van der Waals surface area contributed by atoms with E-state index in [0.29, 0.717) is 22.5 Å². The highest BCUT2D eigenvalue weighted by Gasteiger charge is 2.23. The van der Waals surface area contributed by atoms with E-state index in [4.69, 9.17) is 0 Å². The van der Waals surface area contributed by atoms with Gasteiger partial charge in [0.1, 0.15) is 11.4 Å². The number of amides is 1. The molecule has 0 bridgehead atoms. The molecule has 6 nitrogen and oxygen atoms in total. The summed E-state index contributed by atoms with van der Waals surface area (Å²) in [6.07, 6.45) is 5.01. The molecule has 1 saturated heterocycles. The number of likely N-dealkylation sites (tertiary alicyclic amines) is 1. The molecule has 3 heterocycles. The molecule has 7 heteroatoms. The number of piperidine rings is 1. The van der Waals surface area contributed by atoms with Crippen LogP contribution in [0, 0.1) is 5.82 Å². The van der Waals surface area contributed by atoms with Crippen molar-refractivity contribution in [3.63, 3.8) is 0 Å². The zero-order valence-electron chi connectivity index (χ0n) is 19.0. The van der Waals surface area contributed by atoms with Crippen LogP contribution in [0.4, 0.5) is 4.39 Å². The van der Waals surface area contributed by atoms with Gasteiger partial charge in [-0.2, -0.15) is 0 Å². The number of benzene rings is 1. The van der Waals surface area contributed by atoms with Crippen LogP contribution < -0.4 is 5.32 Å². The first-order valence-corrected chi connectivity index (χ1v) is 11.2. The highest BCUT2D eigenvalue weighted by molar-refractivity contribution is 5.94. The van der Waals surface area contributed by atoms with Crippen LogP contribution in [0.5, 0.6) is 0 Å². The van der Waals surface area contributed by atoms with Crippen LogP contribution in [0.25, 0.3) is 11.3 Å². The van der Waals surface area contributed by atoms with Gasteiger partial charge in [0.25, 0.3) is 5.91 Å². The highest BCUT2D eigenvalue weighted by Crippen LogP contribution is 2.21. The van der Waals surface area contributed by atoms with E-state index in [2.05, 4.69) is 20.2 Å².